The first-order valence-electron chi connectivity index (χ1n) is 11.1. The average molecular weight is 436 g/mol. The third-order valence-corrected chi connectivity index (χ3v) is 7.47. The zero-order valence-electron chi connectivity index (χ0n) is 18.1. The molecule has 162 valence electrons. The number of aromatic nitrogens is 1. The summed E-state index contributed by atoms with van der Waals surface area (Å²) >= 11 is 1.58. The van der Waals surface area contributed by atoms with Gasteiger partial charge in [-0.2, -0.15) is 0 Å². The molecule has 2 aromatic heterocycles. The van der Waals surface area contributed by atoms with Crippen molar-refractivity contribution >= 4 is 44.5 Å². The number of hydrogen-bond acceptors (Lipinski definition) is 6. The van der Waals surface area contributed by atoms with E-state index in [0.29, 0.717) is 5.92 Å². The van der Waals surface area contributed by atoms with Crippen molar-refractivity contribution in [3.05, 3.63) is 47.0 Å². The van der Waals surface area contributed by atoms with Crippen LogP contribution in [0.5, 0.6) is 0 Å². The van der Waals surface area contributed by atoms with E-state index < -0.39 is 0 Å². The predicted molar refractivity (Wildman–Crippen MR) is 129 cm³/mol. The van der Waals surface area contributed by atoms with Crippen molar-refractivity contribution in [3.63, 3.8) is 0 Å². The molecule has 0 atom stereocenters. The van der Waals surface area contributed by atoms with E-state index in [1.54, 1.807) is 16.2 Å². The van der Waals surface area contributed by atoms with Crippen molar-refractivity contribution in [3.8, 4) is 0 Å². The van der Waals surface area contributed by atoms with Gasteiger partial charge in [-0.15, -0.1) is 11.3 Å². The molecule has 1 saturated carbocycles. The number of carbonyl (C=O) groups is 1. The minimum atomic E-state index is 0.0985. The highest BCUT2D eigenvalue weighted by molar-refractivity contribution is 7.21. The molecule has 3 aromatic rings. The minimum absolute atomic E-state index is 0.0985. The Morgan fingerprint density at radius 1 is 1.23 bits per heavy atom. The Labute approximate surface area is 187 Å². The van der Waals surface area contributed by atoms with Crippen LogP contribution in [-0.4, -0.2) is 56.1 Å². The van der Waals surface area contributed by atoms with E-state index in [9.17, 15) is 4.79 Å². The Bertz CT molecular complexity index is 1100. The van der Waals surface area contributed by atoms with Crippen LogP contribution in [-0.2, 0) is 0 Å². The van der Waals surface area contributed by atoms with E-state index in [0.717, 1.165) is 60.1 Å². The molecule has 2 aliphatic rings. The third kappa shape index (κ3) is 4.00. The molecule has 0 bridgehead atoms. The second-order valence-corrected chi connectivity index (χ2v) is 9.70. The SMILES string of the molecule is CN(C)C(=O)c1sc2cnc(Nc3cccc(N4CCNCC4)c3)cc2c1C1CCC1. The van der Waals surface area contributed by atoms with Crippen LogP contribution in [0, 0.1) is 0 Å². The number of piperazine rings is 1. The van der Waals surface area contributed by atoms with Gasteiger partial charge in [0.15, 0.2) is 0 Å². The van der Waals surface area contributed by atoms with E-state index in [1.165, 1.54) is 23.1 Å². The molecule has 1 aromatic carbocycles. The highest BCUT2D eigenvalue weighted by Gasteiger charge is 2.29. The van der Waals surface area contributed by atoms with E-state index in [-0.39, 0.29) is 5.91 Å². The number of rotatable bonds is 5. The van der Waals surface area contributed by atoms with Gasteiger partial charge in [-0.3, -0.25) is 4.79 Å². The molecule has 0 radical (unpaired) electrons. The van der Waals surface area contributed by atoms with Gasteiger partial charge < -0.3 is 20.4 Å². The summed E-state index contributed by atoms with van der Waals surface area (Å²) in [6.45, 7) is 4.09. The van der Waals surface area contributed by atoms with Crippen molar-refractivity contribution in [2.24, 2.45) is 0 Å². The second-order valence-electron chi connectivity index (χ2n) is 8.65. The second kappa shape index (κ2) is 8.48. The molecular weight excluding hydrogens is 406 g/mol. The molecule has 2 N–H and O–H groups in total. The standard InChI is InChI=1S/C24H29N5OS/c1-28(2)24(30)23-22(16-5-3-6-16)19-14-21(26-15-20(19)31-23)27-17-7-4-8-18(13-17)29-11-9-25-10-12-29/h4,7-8,13-16,25H,3,5-6,9-12H2,1-2H3,(H,26,27). The van der Waals surface area contributed by atoms with Crippen LogP contribution in [0.2, 0.25) is 0 Å². The number of hydrogen-bond donors (Lipinski definition) is 2. The maximum Gasteiger partial charge on any atom is 0.263 e. The molecule has 0 spiro atoms. The van der Waals surface area contributed by atoms with Crippen LogP contribution < -0.4 is 15.5 Å². The van der Waals surface area contributed by atoms with Gasteiger partial charge in [-0.1, -0.05) is 12.5 Å². The van der Waals surface area contributed by atoms with Crippen molar-refractivity contribution in [2.45, 2.75) is 25.2 Å². The molecule has 2 fully saturated rings. The fraction of sp³-hybridized carbons (Fsp3) is 0.417. The number of carbonyl (C=O) groups excluding carboxylic acids is 1. The molecule has 1 saturated heterocycles. The van der Waals surface area contributed by atoms with Gasteiger partial charge in [0.2, 0.25) is 0 Å². The number of benzene rings is 1. The number of nitrogens with zero attached hydrogens (tertiary/aromatic N) is 3. The molecule has 5 rings (SSSR count). The predicted octanol–water partition coefficient (Wildman–Crippen LogP) is 4.42. The third-order valence-electron chi connectivity index (χ3n) is 6.33. The summed E-state index contributed by atoms with van der Waals surface area (Å²) in [6, 6.07) is 10.7. The van der Waals surface area contributed by atoms with Gasteiger partial charge in [-0.25, -0.2) is 4.98 Å². The Balaban J connectivity index is 1.46. The van der Waals surface area contributed by atoms with Gasteiger partial charge in [0.05, 0.1) is 9.58 Å². The van der Waals surface area contributed by atoms with Gasteiger partial charge in [-0.05, 0) is 48.6 Å². The van der Waals surface area contributed by atoms with Crippen LogP contribution >= 0.6 is 11.3 Å². The van der Waals surface area contributed by atoms with Crippen LogP contribution in [0.25, 0.3) is 10.1 Å². The zero-order chi connectivity index (χ0) is 21.4. The summed E-state index contributed by atoms with van der Waals surface area (Å²) in [6.07, 6.45) is 5.48. The fourth-order valence-electron chi connectivity index (χ4n) is 4.41. The Morgan fingerprint density at radius 3 is 2.74 bits per heavy atom. The monoisotopic (exact) mass is 435 g/mol. The number of pyridine rings is 1. The topological polar surface area (TPSA) is 60.5 Å². The van der Waals surface area contributed by atoms with Crippen LogP contribution in [0.3, 0.4) is 0 Å². The molecule has 7 heteroatoms. The van der Waals surface area contributed by atoms with E-state index in [2.05, 4.69) is 50.8 Å². The minimum Gasteiger partial charge on any atom is -0.369 e. The first-order chi connectivity index (χ1) is 15.1. The molecule has 31 heavy (non-hydrogen) atoms. The van der Waals surface area contributed by atoms with Crippen LogP contribution in [0.15, 0.2) is 36.5 Å². The van der Waals surface area contributed by atoms with E-state index in [4.69, 9.17) is 0 Å². The lowest BCUT2D eigenvalue weighted by Crippen LogP contribution is -2.43. The summed E-state index contributed by atoms with van der Waals surface area (Å²) in [5.74, 6) is 1.41. The maximum atomic E-state index is 12.8. The van der Waals surface area contributed by atoms with Crippen LogP contribution in [0.1, 0.15) is 40.4 Å². The molecule has 3 heterocycles. The highest BCUT2D eigenvalue weighted by Crippen LogP contribution is 2.45. The number of thiophene rings is 1. The molecule has 1 aliphatic carbocycles. The van der Waals surface area contributed by atoms with Crippen molar-refractivity contribution in [2.75, 3.05) is 50.5 Å². The molecule has 0 unspecified atom stereocenters. The van der Waals surface area contributed by atoms with E-state index >= 15 is 0 Å². The summed E-state index contributed by atoms with van der Waals surface area (Å²) < 4.78 is 1.09. The molecule has 6 nitrogen and oxygen atoms in total. The lowest BCUT2D eigenvalue weighted by atomic mass is 9.79. The lowest BCUT2D eigenvalue weighted by molar-refractivity contribution is 0.0830. The van der Waals surface area contributed by atoms with E-state index in [1.807, 2.05) is 20.3 Å². The highest BCUT2D eigenvalue weighted by atomic mass is 32.1. The average Bonchev–Trinajstić information content (AvgIpc) is 3.11. The Morgan fingerprint density at radius 2 is 2.03 bits per heavy atom. The summed E-state index contributed by atoms with van der Waals surface area (Å²) in [7, 11) is 3.65. The molecule has 1 aliphatic heterocycles. The first kappa shape index (κ1) is 20.3. The molecular formula is C24H29N5OS. The fourth-order valence-corrected chi connectivity index (χ4v) is 5.67. The van der Waals surface area contributed by atoms with Crippen LogP contribution in [0.4, 0.5) is 17.2 Å². The quantitative estimate of drug-likeness (QED) is 0.621. The summed E-state index contributed by atoms with van der Waals surface area (Å²) in [4.78, 5) is 22.5. The first-order valence-corrected chi connectivity index (χ1v) is 11.9. The Kier molecular flexibility index (Phi) is 5.54. The van der Waals surface area contributed by atoms with Gasteiger partial charge in [0, 0.05) is 63.2 Å². The van der Waals surface area contributed by atoms with Gasteiger partial charge in [0.25, 0.3) is 5.91 Å². The summed E-state index contributed by atoms with van der Waals surface area (Å²) in [5.41, 5.74) is 3.50. The van der Waals surface area contributed by atoms with Crippen molar-refractivity contribution in [1.29, 1.82) is 0 Å². The van der Waals surface area contributed by atoms with Crippen molar-refractivity contribution < 1.29 is 4.79 Å². The normalized spacial score (nSPS) is 16.9. The Hall–Kier alpha value is -2.64. The zero-order valence-corrected chi connectivity index (χ0v) is 19.0. The lowest BCUT2D eigenvalue weighted by Gasteiger charge is -2.29. The van der Waals surface area contributed by atoms with Crippen molar-refractivity contribution in [1.82, 2.24) is 15.2 Å². The van der Waals surface area contributed by atoms with Gasteiger partial charge >= 0.3 is 0 Å². The maximum absolute atomic E-state index is 12.8. The number of fused-ring (bicyclic) bond motifs is 1. The largest absolute Gasteiger partial charge is 0.369 e. The molecule has 1 amide bonds. The summed E-state index contributed by atoms with van der Waals surface area (Å²) in [5, 5.41) is 8.07. The van der Waals surface area contributed by atoms with Gasteiger partial charge in [0.1, 0.15) is 5.82 Å². The smallest absolute Gasteiger partial charge is 0.263 e. The number of anilines is 3. The number of nitrogens with one attached hydrogen (secondary N) is 2. The number of amides is 1.